The minimum absolute atomic E-state index is 0.00503. The van der Waals surface area contributed by atoms with Crippen molar-refractivity contribution in [2.45, 2.75) is 25.7 Å². The molecule has 184 valence electrons. The van der Waals surface area contributed by atoms with Crippen LogP contribution in [0.2, 0.25) is 0 Å². The number of carbonyl (C=O) groups is 3. The van der Waals surface area contributed by atoms with Crippen molar-refractivity contribution in [1.82, 2.24) is 9.80 Å². The van der Waals surface area contributed by atoms with Crippen molar-refractivity contribution < 1.29 is 23.9 Å². The number of benzene rings is 2. The molecule has 0 radical (unpaired) electrons. The Morgan fingerprint density at radius 1 is 0.886 bits per heavy atom. The molecule has 3 heterocycles. The highest BCUT2D eigenvalue weighted by molar-refractivity contribution is 6.00. The molecule has 0 saturated carbocycles. The smallest absolute Gasteiger partial charge is 0.228 e. The lowest BCUT2D eigenvalue weighted by Crippen LogP contribution is -2.52. The van der Waals surface area contributed by atoms with Crippen LogP contribution in [0.4, 0.5) is 5.69 Å². The summed E-state index contributed by atoms with van der Waals surface area (Å²) >= 11 is 0. The number of nitrogens with zero attached hydrogens (tertiary/aromatic N) is 3. The van der Waals surface area contributed by atoms with Crippen LogP contribution < -0.4 is 14.4 Å². The van der Waals surface area contributed by atoms with Gasteiger partial charge in [0.05, 0.1) is 5.92 Å². The van der Waals surface area contributed by atoms with E-state index in [1.54, 1.807) is 15.9 Å². The minimum Gasteiger partial charge on any atom is -0.486 e. The minimum atomic E-state index is -0.371. The third kappa shape index (κ3) is 5.26. The van der Waals surface area contributed by atoms with Crippen molar-refractivity contribution in [2.75, 3.05) is 50.8 Å². The fourth-order valence-corrected chi connectivity index (χ4v) is 5.00. The van der Waals surface area contributed by atoms with Gasteiger partial charge in [-0.1, -0.05) is 30.3 Å². The van der Waals surface area contributed by atoms with Crippen molar-refractivity contribution in [3.63, 3.8) is 0 Å². The maximum Gasteiger partial charge on any atom is 0.228 e. The first-order valence-electron chi connectivity index (χ1n) is 12.4. The highest BCUT2D eigenvalue weighted by atomic mass is 16.6. The molecule has 2 aromatic carbocycles. The molecule has 0 N–H and O–H groups in total. The van der Waals surface area contributed by atoms with Gasteiger partial charge >= 0.3 is 0 Å². The highest BCUT2D eigenvalue weighted by Crippen LogP contribution is 2.36. The zero-order valence-electron chi connectivity index (χ0n) is 19.9. The summed E-state index contributed by atoms with van der Waals surface area (Å²) in [4.78, 5) is 43.8. The maximum atomic E-state index is 13.2. The number of aryl methyl sites for hydroxylation is 1. The SMILES string of the molecule is O=C(CCCc1ccccc1)N1CCN(C(=O)C2CC(=O)N(c3ccc4c(c3)OCCO4)C2)CC1. The topological polar surface area (TPSA) is 79.4 Å². The molecule has 0 aliphatic carbocycles. The second kappa shape index (κ2) is 10.4. The Bertz CT molecular complexity index is 1080. The lowest BCUT2D eigenvalue weighted by molar-refractivity contribution is -0.142. The van der Waals surface area contributed by atoms with Crippen LogP contribution in [-0.4, -0.2) is 73.5 Å². The van der Waals surface area contributed by atoms with Crippen molar-refractivity contribution in [3.05, 3.63) is 54.1 Å². The lowest BCUT2D eigenvalue weighted by Gasteiger charge is -2.36. The van der Waals surface area contributed by atoms with Gasteiger partial charge in [0, 0.05) is 57.3 Å². The zero-order valence-corrected chi connectivity index (χ0v) is 19.9. The lowest BCUT2D eigenvalue weighted by atomic mass is 10.1. The molecule has 2 aromatic rings. The molecule has 1 unspecified atom stereocenters. The predicted octanol–water partition coefficient (Wildman–Crippen LogP) is 2.50. The summed E-state index contributed by atoms with van der Waals surface area (Å²) < 4.78 is 11.2. The van der Waals surface area contributed by atoms with E-state index in [0.29, 0.717) is 63.9 Å². The average molecular weight is 478 g/mol. The molecule has 35 heavy (non-hydrogen) atoms. The Labute approximate surface area is 205 Å². The fraction of sp³-hybridized carbons (Fsp3) is 0.444. The van der Waals surface area contributed by atoms with E-state index in [-0.39, 0.29) is 30.1 Å². The van der Waals surface area contributed by atoms with Crippen LogP contribution in [0, 0.1) is 5.92 Å². The predicted molar refractivity (Wildman–Crippen MR) is 130 cm³/mol. The molecule has 3 aliphatic rings. The monoisotopic (exact) mass is 477 g/mol. The number of fused-ring (bicyclic) bond motifs is 1. The third-order valence-corrected chi connectivity index (χ3v) is 6.95. The molecule has 8 nitrogen and oxygen atoms in total. The molecule has 0 aromatic heterocycles. The van der Waals surface area contributed by atoms with Gasteiger partial charge in [-0.05, 0) is 30.5 Å². The third-order valence-electron chi connectivity index (χ3n) is 6.95. The van der Waals surface area contributed by atoms with E-state index in [1.807, 2.05) is 35.2 Å². The molecule has 3 aliphatic heterocycles. The first-order valence-corrected chi connectivity index (χ1v) is 12.4. The Balaban J connectivity index is 1.10. The van der Waals surface area contributed by atoms with Crippen LogP contribution in [0.3, 0.4) is 0 Å². The number of hydrogen-bond acceptors (Lipinski definition) is 5. The number of amides is 3. The van der Waals surface area contributed by atoms with Crippen LogP contribution in [0.25, 0.3) is 0 Å². The van der Waals surface area contributed by atoms with Crippen molar-refractivity contribution in [1.29, 1.82) is 0 Å². The van der Waals surface area contributed by atoms with Gasteiger partial charge in [0.1, 0.15) is 13.2 Å². The summed E-state index contributed by atoms with van der Waals surface area (Å²) in [5.74, 6) is 1.01. The molecule has 2 saturated heterocycles. The maximum absolute atomic E-state index is 13.2. The molecule has 0 spiro atoms. The Kier molecular flexibility index (Phi) is 6.88. The molecule has 8 heteroatoms. The summed E-state index contributed by atoms with van der Waals surface area (Å²) in [6, 6.07) is 15.6. The average Bonchev–Trinajstić information content (AvgIpc) is 3.30. The van der Waals surface area contributed by atoms with Gasteiger partial charge in [-0.25, -0.2) is 0 Å². The molecule has 2 fully saturated rings. The van der Waals surface area contributed by atoms with Crippen molar-refractivity contribution in [3.8, 4) is 11.5 Å². The van der Waals surface area contributed by atoms with Gasteiger partial charge in [0.25, 0.3) is 0 Å². The van der Waals surface area contributed by atoms with Gasteiger partial charge in [0.2, 0.25) is 17.7 Å². The van der Waals surface area contributed by atoms with Crippen LogP contribution >= 0.6 is 0 Å². The summed E-state index contributed by atoms with van der Waals surface area (Å²) in [5.41, 5.74) is 1.97. The fourth-order valence-electron chi connectivity index (χ4n) is 5.00. The van der Waals surface area contributed by atoms with Gasteiger partial charge in [0.15, 0.2) is 11.5 Å². The van der Waals surface area contributed by atoms with Gasteiger partial charge in [-0.15, -0.1) is 0 Å². The summed E-state index contributed by atoms with van der Waals surface area (Å²) in [5, 5.41) is 0. The van der Waals surface area contributed by atoms with Crippen molar-refractivity contribution in [2.24, 2.45) is 5.92 Å². The number of ether oxygens (including phenoxy) is 2. The standard InChI is InChI=1S/C27H31N3O5/c31-25(8-4-7-20-5-2-1-3-6-20)28-11-13-29(14-12-28)27(33)21-17-26(32)30(19-21)22-9-10-23-24(18-22)35-16-15-34-23/h1-3,5-6,9-10,18,21H,4,7-8,11-17,19H2. The molecule has 0 bridgehead atoms. The highest BCUT2D eigenvalue weighted by Gasteiger charge is 2.38. The summed E-state index contributed by atoms with van der Waals surface area (Å²) in [6.07, 6.45) is 2.43. The normalized spacial score (nSPS) is 19.7. The Morgan fingerprint density at radius 2 is 1.60 bits per heavy atom. The van der Waals surface area contributed by atoms with Crippen molar-refractivity contribution >= 4 is 23.4 Å². The number of piperazine rings is 1. The summed E-state index contributed by atoms with van der Waals surface area (Å²) in [7, 11) is 0. The largest absolute Gasteiger partial charge is 0.486 e. The molecule has 5 rings (SSSR count). The zero-order chi connectivity index (χ0) is 24.2. The van der Waals surface area contributed by atoms with E-state index in [2.05, 4.69) is 12.1 Å². The second-order valence-electron chi connectivity index (χ2n) is 9.28. The van der Waals surface area contributed by atoms with Crippen LogP contribution in [0.15, 0.2) is 48.5 Å². The molecule has 1 atom stereocenters. The van der Waals surface area contributed by atoms with E-state index in [4.69, 9.17) is 9.47 Å². The van der Waals surface area contributed by atoms with E-state index in [9.17, 15) is 14.4 Å². The number of carbonyl (C=O) groups excluding carboxylic acids is 3. The molecular formula is C27H31N3O5. The first kappa shape index (κ1) is 23.2. The molecule has 3 amide bonds. The first-order chi connectivity index (χ1) is 17.1. The second-order valence-corrected chi connectivity index (χ2v) is 9.28. The van der Waals surface area contributed by atoms with E-state index < -0.39 is 0 Å². The Morgan fingerprint density at radius 3 is 2.37 bits per heavy atom. The van der Waals surface area contributed by atoms with E-state index in [0.717, 1.165) is 18.5 Å². The number of anilines is 1. The van der Waals surface area contributed by atoms with Crippen LogP contribution in [-0.2, 0) is 20.8 Å². The van der Waals surface area contributed by atoms with E-state index >= 15 is 0 Å². The number of hydrogen-bond donors (Lipinski definition) is 0. The van der Waals surface area contributed by atoms with E-state index in [1.165, 1.54) is 5.56 Å². The molecular weight excluding hydrogens is 446 g/mol. The van der Waals surface area contributed by atoms with Gasteiger partial charge in [-0.2, -0.15) is 0 Å². The van der Waals surface area contributed by atoms with Crippen LogP contribution in [0.1, 0.15) is 24.8 Å². The quantitative estimate of drug-likeness (QED) is 0.639. The van der Waals surface area contributed by atoms with Gasteiger partial charge < -0.3 is 24.2 Å². The summed E-state index contributed by atoms with van der Waals surface area (Å²) in [6.45, 7) is 3.46. The number of rotatable bonds is 6. The van der Waals surface area contributed by atoms with Crippen LogP contribution in [0.5, 0.6) is 11.5 Å². The van der Waals surface area contributed by atoms with Gasteiger partial charge in [-0.3, -0.25) is 14.4 Å². The Hall–Kier alpha value is -3.55.